The van der Waals surface area contributed by atoms with Crippen LogP contribution in [0.2, 0.25) is 0 Å². The minimum atomic E-state index is -0.376. The molecular weight excluding hydrogens is 206 g/mol. The molecule has 0 aliphatic heterocycles. The van der Waals surface area contributed by atoms with Gasteiger partial charge in [0.05, 0.1) is 6.33 Å². The Morgan fingerprint density at radius 1 is 1.38 bits per heavy atom. The van der Waals surface area contributed by atoms with Gasteiger partial charge in [0.1, 0.15) is 0 Å². The maximum absolute atomic E-state index is 11.6. The molecule has 0 saturated heterocycles. The third-order valence-electron chi connectivity index (χ3n) is 2.14. The highest BCUT2D eigenvalue weighted by molar-refractivity contribution is 5.94. The Morgan fingerprint density at radius 2 is 2.12 bits per heavy atom. The zero-order valence-electron chi connectivity index (χ0n) is 8.47. The summed E-state index contributed by atoms with van der Waals surface area (Å²) in [4.78, 5) is 17.7. The summed E-state index contributed by atoms with van der Waals surface area (Å²) in [5.41, 5.74) is 1.07. The molecule has 0 radical (unpaired) electrons. The van der Waals surface area contributed by atoms with Gasteiger partial charge in [-0.05, 0) is 5.56 Å². The Balaban J connectivity index is 1.97. The molecule has 0 unspecified atom stereocenters. The smallest absolute Gasteiger partial charge is 0.273 e. The number of nitrogens with one attached hydrogen (secondary N) is 2. The second kappa shape index (κ2) is 4.48. The highest BCUT2D eigenvalue weighted by Crippen LogP contribution is 2.09. The molecule has 2 aromatic rings. The van der Waals surface area contributed by atoms with Gasteiger partial charge in [-0.3, -0.25) is 4.79 Å². The predicted molar refractivity (Wildman–Crippen MR) is 57.9 cm³/mol. The van der Waals surface area contributed by atoms with Crippen LogP contribution in [-0.2, 0) is 6.54 Å². The molecule has 0 bridgehead atoms. The Hall–Kier alpha value is -2.30. The summed E-state index contributed by atoms with van der Waals surface area (Å²) >= 11 is 0. The van der Waals surface area contributed by atoms with Gasteiger partial charge in [-0.1, -0.05) is 30.3 Å². The largest absolute Gasteiger partial charge is 0.492 e. The average molecular weight is 217 g/mol. The topological polar surface area (TPSA) is 78.0 Å². The molecule has 1 heterocycles. The normalized spacial score (nSPS) is 10.0. The third kappa shape index (κ3) is 2.20. The average Bonchev–Trinajstić information content (AvgIpc) is 2.74. The zero-order valence-corrected chi connectivity index (χ0v) is 8.47. The molecule has 2 rings (SSSR count). The van der Waals surface area contributed by atoms with Crippen LogP contribution in [0.25, 0.3) is 0 Å². The van der Waals surface area contributed by atoms with Crippen molar-refractivity contribution in [1.29, 1.82) is 0 Å². The number of nitrogens with zero attached hydrogens (tertiary/aromatic N) is 1. The molecular formula is C11H11N3O2. The number of aromatic hydroxyl groups is 1. The van der Waals surface area contributed by atoms with E-state index in [9.17, 15) is 9.90 Å². The molecule has 1 amide bonds. The SMILES string of the molecule is O=C(NCc1ccccc1)c1[nH]cnc1O. The monoisotopic (exact) mass is 217 g/mol. The number of aromatic amines is 1. The second-order valence-electron chi connectivity index (χ2n) is 3.27. The number of aromatic nitrogens is 2. The lowest BCUT2D eigenvalue weighted by Crippen LogP contribution is -2.23. The molecule has 0 atom stereocenters. The van der Waals surface area contributed by atoms with Crippen molar-refractivity contribution in [2.75, 3.05) is 0 Å². The molecule has 5 heteroatoms. The lowest BCUT2D eigenvalue weighted by atomic mass is 10.2. The van der Waals surface area contributed by atoms with E-state index in [4.69, 9.17) is 0 Å². The molecule has 0 spiro atoms. The Kier molecular flexibility index (Phi) is 2.86. The van der Waals surface area contributed by atoms with Gasteiger partial charge in [0.25, 0.3) is 5.91 Å². The number of carbonyl (C=O) groups is 1. The summed E-state index contributed by atoms with van der Waals surface area (Å²) in [5, 5.41) is 11.9. The lowest BCUT2D eigenvalue weighted by molar-refractivity contribution is 0.0943. The maximum atomic E-state index is 11.6. The van der Waals surface area contributed by atoms with Crippen molar-refractivity contribution in [3.8, 4) is 5.88 Å². The quantitative estimate of drug-likeness (QED) is 0.719. The fourth-order valence-corrected chi connectivity index (χ4v) is 1.32. The van der Waals surface area contributed by atoms with E-state index in [1.54, 1.807) is 0 Å². The number of rotatable bonds is 3. The van der Waals surface area contributed by atoms with Gasteiger partial charge < -0.3 is 15.4 Å². The van der Waals surface area contributed by atoms with E-state index < -0.39 is 0 Å². The van der Waals surface area contributed by atoms with Crippen molar-refractivity contribution in [3.63, 3.8) is 0 Å². The van der Waals surface area contributed by atoms with E-state index >= 15 is 0 Å². The number of imidazole rings is 1. The van der Waals surface area contributed by atoms with Gasteiger partial charge >= 0.3 is 0 Å². The highest BCUT2D eigenvalue weighted by atomic mass is 16.3. The van der Waals surface area contributed by atoms with E-state index in [1.807, 2.05) is 30.3 Å². The Morgan fingerprint density at radius 3 is 2.75 bits per heavy atom. The number of H-pyrrole nitrogens is 1. The fourth-order valence-electron chi connectivity index (χ4n) is 1.32. The van der Waals surface area contributed by atoms with Crippen molar-refractivity contribution in [1.82, 2.24) is 15.3 Å². The summed E-state index contributed by atoms with van der Waals surface area (Å²) in [6.07, 6.45) is 1.27. The van der Waals surface area contributed by atoms with Crippen LogP contribution in [0.1, 0.15) is 16.1 Å². The van der Waals surface area contributed by atoms with Gasteiger partial charge in [-0.15, -0.1) is 0 Å². The number of hydrogen-bond acceptors (Lipinski definition) is 3. The van der Waals surface area contributed by atoms with E-state index in [0.29, 0.717) is 6.54 Å². The Labute approximate surface area is 92.2 Å². The summed E-state index contributed by atoms with van der Waals surface area (Å²) in [7, 11) is 0. The van der Waals surface area contributed by atoms with Crippen molar-refractivity contribution < 1.29 is 9.90 Å². The zero-order chi connectivity index (χ0) is 11.4. The van der Waals surface area contributed by atoms with E-state index in [1.165, 1.54) is 6.33 Å². The molecule has 0 aliphatic rings. The first-order valence-electron chi connectivity index (χ1n) is 4.82. The summed E-state index contributed by atoms with van der Waals surface area (Å²) in [6.45, 7) is 0.415. The minimum absolute atomic E-state index is 0.0796. The summed E-state index contributed by atoms with van der Waals surface area (Å²) in [6, 6.07) is 9.52. The predicted octanol–water partition coefficient (Wildman–Crippen LogP) is 1.05. The second-order valence-corrected chi connectivity index (χ2v) is 3.27. The van der Waals surface area contributed by atoms with Gasteiger partial charge in [-0.25, -0.2) is 4.98 Å². The molecule has 3 N–H and O–H groups in total. The van der Waals surface area contributed by atoms with Crippen molar-refractivity contribution >= 4 is 5.91 Å². The maximum Gasteiger partial charge on any atom is 0.273 e. The van der Waals surface area contributed by atoms with E-state index in [2.05, 4.69) is 15.3 Å². The fraction of sp³-hybridized carbons (Fsp3) is 0.0909. The molecule has 0 saturated carbocycles. The van der Waals surface area contributed by atoms with Crippen LogP contribution in [-0.4, -0.2) is 21.0 Å². The number of benzene rings is 1. The minimum Gasteiger partial charge on any atom is -0.492 e. The van der Waals surface area contributed by atoms with Gasteiger partial charge in [0.15, 0.2) is 5.69 Å². The molecule has 1 aromatic carbocycles. The third-order valence-corrected chi connectivity index (χ3v) is 2.14. The van der Waals surface area contributed by atoms with Crippen molar-refractivity contribution in [2.45, 2.75) is 6.54 Å². The lowest BCUT2D eigenvalue weighted by Gasteiger charge is -2.03. The van der Waals surface area contributed by atoms with Crippen LogP contribution in [0.5, 0.6) is 5.88 Å². The Bertz CT molecular complexity index is 479. The van der Waals surface area contributed by atoms with Gasteiger partial charge in [0, 0.05) is 6.54 Å². The molecule has 1 aromatic heterocycles. The summed E-state index contributed by atoms with van der Waals surface area (Å²) in [5.74, 6) is -0.663. The molecule has 0 aliphatic carbocycles. The standard InChI is InChI=1S/C11H11N3O2/c15-10(9-11(16)14-7-13-9)12-6-8-4-2-1-3-5-8/h1-5,7,16H,6H2,(H,12,15)(H,13,14). The number of amides is 1. The summed E-state index contributed by atoms with van der Waals surface area (Å²) < 4.78 is 0. The van der Waals surface area contributed by atoms with Crippen LogP contribution in [0.15, 0.2) is 36.7 Å². The first-order chi connectivity index (χ1) is 7.77. The highest BCUT2D eigenvalue weighted by Gasteiger charge is 2.12. The first-order valence-corrected chi connectivity index (χ1v) is 4.82. The molecule has 0 fully saturated rings. The van der Waals surface area contributed by atoms with Crippen LogP contribution in [0.4, 0.5) is 0 Å². The van der Waals surface area contributed by atoms with E-state index in [-0.39, 0.29) is 17.5 Å². The molecule has 82 valence electrons. The molecule has 5 nitrogen and oxygen atoms in total. The van der Waals surface area contributed by atoms with Crippen molar-refractivity contribution in [3.05, 3.63) is 47.9 Å². The van der Waals surface area contributed by atoms with Crippen LogP contribution in [0.3, 0.4) is 0 Å². The van der Waals surface area contributed by atoms with Crippen molar-refractivity contribution in [2.24, 2.45) is 0 Å². The van der Waals surface area contributed by atoms with Gasteiger partial charge in [-0.2, -0.15) is 0 Å². The van der Waals surface area contributed by atoms with Gasteiger partial charge in [0.2, 0.25) is 5.88 Å². The first kappa shape index (κ1) is 10.2. The molecule has 16 heavy (non-hydrogen) atoms. The van der Waals surface area contributed by atoms with Crippen LogP contribution < -0.4 is 5.32 Å². The number of hydrogen-bond donors (Lipinski definition) is 3. The van der Waals surface area contributed by atoms with Crippen LogP contribution >= 0.6 is 0 Å². The number of carbonyl (C=O) groups excluding carboxylic acids is 1. The van der Waals surface area contributed by atoms with E-state index in [0.717, 1.165) is 5.56 Å². The van der Waals surface area contributed by atoms with Crippen LogP contribution in [0, 0.1) is 0 Å².